The number of ether oxygens (including phenoxy) is 1. The second-order valence-corrected chi connectivity index (χ2v) is 7.51. The molecule has 0 radical (unpaired) electrons. The minimum absolute atomic E-state index is 0. The van der Waals surface area contributed by atoms with Gasteiger partial charge in [-0.2, -0.15) is 0 Å². The highest BCUT2D eigenvalue weighted by Crippen LogP contribution is 2.14. The number of aryl methyl sites for hydroxylation is 1. The molecule has 154 valence electrons. The molecule has 0 bridgehead atoms. The van der Waals surface area contributed by atoms with E-state index in [2.05, 4.69) is 62.3 Å². The van der Waals surface area contributed by atoms with Crippen LogP contribution in [0, 0.1) is 6.92 Å². The Balaban J connectivity index is 0.00000364. The molecule has 0 amide bonds. The van der Waals surface area contributed by atoms with Crippen molar-refractivity contribution in [2.75, 3.05) is 26.2 Å². The zero-order chi connectivity index (χ0) is 18.9. The van der Waals surface area contributed by atoms with Gasteiger partial charge in [-0.15, -0.1) is 24.0 Å². The first-order valence-corrected chi connectivity index (χ1v) is 10.00. The number of nitrogens with one attached hydrogen (secondary N) is 2. The third-order valence-electron chi connectivity index (χ3n) is 4.81. The van der Waals surface area contributed by atoms with Gasteiger partial charge in [0.05, 0.1) is 6.54 Å². The molecule has 2 N–H and O–H groups in total. The molecule has 0 aliphatic carbocycles. The molecule has 2 rings (SSSR count). The fourth-order valence-electron chi connectivity index (χ4n) is 3.18. The Hall–Kier alpha value is -1.02. The predicted molar refractivity (Wildman–Crippen MR) is 126 cm³/mol. The molecule has 5 nitrogen and oxygen atoms in total. The fraction of sp³-hybridized carbons (Fsp3) is 0.667. The lowest BCUT2D eigenvalue weighted by atomic mass is 10.0. The van der Waals surface area contributed by atoms with Crippen LogP contribution in [0.4, 0.5) is 0 Å². The van der Waals surface area contributed by atoms with Crippen molar-refractivity contribution in [3.05, 3.63) is 29.8 Å². The highest BCUT2D eigenvalue weighted by Gasteiger charge is 2.21. The van der Waals surface area contributed by atoms with Crippen LogP contribution in [-0.2, 0) is 0 Å². The Morgan fingerprint density at radius 3 is 2.37 bits per heavy atom. The molecule has 1 aliphatic rings. The van der Waals surface area contributed by atoms with Crippen LogP contribution in [-0.4, -0.2) is 55.2 Å². The maximum absolute atomic E-state index is 5.96. The lowest BCUT2D eigenvalue weighted by molar-refractivity contribution is 0.167. The first-order valence-electron chi connectivity index (χ1n) is 10.00. The van der Waals surface area contributed by atoms with E-state index in [1.54, 1.807) is 0 Å². The van der Waals surface area contributed by atoms with Gasteiger partial charge < -0.3 is 20.3 Å². The number of guanidine groups is 1. The number of likely N-dealkylation sites (tertiary alicyclic amines) is 1. The number of benzene rings is 1. The van der Waals surface area contributed by atoms with E-state index in [4.69, 9.17) is 9.73 Å². The van der Waals surface area contributed by atoms with E-state index in [9.17, 15) is 0 Å². The van der Waals surface area contributed by atoms with Crippen molar-refractivity contribution in [3.63, 3.8) is 0 Å². The first-order chi connectivity index (χ1) is 12.5. The average molecular weight is 488 g/mol. The van der Waals surface area contributed by atoms with E-state index >= 15 is 0 Å². The zero-order valence-electron chi connectivity index (χ0n) is 17.5. The van der Waals surface area contributed by atoms with Gasteiger partial charge in [0.1, 0.15) is 11.9 Å². The largest absolute Gasteiger partial charge is 0.489 e. The third kappa shape index (κ3) is 8.68. The molecule has 0 spiro atoms. The second kappa shape index (κ2) is 12.4. The van der Waals surface area contributed by atoms with Crippen LogP contribution < -0.4 is 15.4 Å². The van der Waals surface area contributed by atoms with Crippen molar-refractivity contribution in [1.82, 2.24) is 15.5 Å². The lowest BCUT2D eigenvalue weighted by Gasteiger charge is -2.35. The molecule has 0 saturated carbocycles. The summed E-state index contributed by atoms with van der Waals surface area (Å²) in [6, 6.07) is 9.30. The van der Waals surface area contributed by atoms with Crippen LogP contribution in [0.15, 0.2) is 29.3 Å². The summed E-state index contributed by atoms with van der Waals surface area (Å²) in [7, 11) is 0. The number of nitrogens with zero attached hydrogens (tertiary/aromatic N) is 2. The summed E-state index contributed by atoms with van der Waals surface area (Å²) in [5, 5.41) is 6.96. The SMILES string of the molecule is CCNC(=NCC(C)Oc1ccc(C)cc1)NC1CCN(C(C)C)CC1.I. The molecule has 0 aromatic heterocycles. The van der Waals surface area contributed by atoms with Gasteiger partial charge in [-0.3, -0.25) is 0 Å². The normalized spacial score (nSPS) is 17.3. The Kier molecular flexibility index (Phi) is 11.1. The van der Waals surface area contributed by atoms with E-state index in [0.717, 1.165) is 44.2 Å². The molecule has 6 heteroatoms. The van der Waals surface area contributed by atoms with Crippen LogP contribution in [0.25, 0.3) is 0 Å². The van der Waals surface area contributed by atoms with E-state index in [0.29, 0.717) is 18.6 Å². The maximum atomic E-state index is 5.96. The number of hydrogen-bond donors (Lipinski definition) is 2. The summed E-state index contributed by atoms with van der Waals surface area (Å²) in [6.45, 7) is 14.6. The molecule has 1 unspecified atom stereocenters. The highest BCUT2D eigenvalue weighted by atomic mass is 127. The van der Waals surface area contributed by atoms with Crippen molar-refractivity contribution in [2.24, 2.45) is 4.99 Å². The molecule has 1 saturated heterocycles. The van der Waals surface area contributed by atoms with Crippen molar-refractivity contribution >= 4 is 29.9 Å². The smallest absolute Gasteiger partial charge is 0.191 e. The molecular formula is C21H37IN4O. The molecule has 1 aromatic rings. The third-order valence-corrected chi connectivity index (χ3v) is 4.81. The van der Waals surface area contributed by atoms with Gasteiger partial charge in [0.15, 0.2) is 5.96 Å². The molecule has 1 atom stereocenters. The first kappa shape index (κ1) is 24.0. The highest BCUT2D eigenvalue weighted by molar-refractivity contribution is 14.0. The number of rotatable bonds is 7. The van der Waals surface area contributed by atoms with Crippen LogP contribution in [0.5, 0.6) is 5.75 Å². The topological polar surface area (TPSA) is 48.9 Å². The van der Waals surface area contributed by atoms with Gasteiger partial charge in [-0.25, -0.2) is 4.99 Å². The monoisotopic (exact) mass is 488 g/mol. The quantitative estimate of drug-likeness (QED) is 0.348. The second-order valence-electron chi connectivity index (χ2n) is 7.51. The maximum Gasteiger partial charge on any atom is 0.191 e. The van der Waals surface area contributed by atoms with E-state index in [-0.39, 0.29) is 30.1 Å². The molecular weight excluding hydrogens is 451 g/mol. The Morgan fingerprint density at radius 2 is 1.81 bits per heavy atom. The minimum atomic E-state index is 0. The standard InChI is InChI=1S/C21H36N4O.HI/c1-6-22-21(24-19-11-13-25(14-12-19)16(2)3)23-15-18(5)26-20-9-7-17(4)8-10-20;/h7-10,16,18-19H,6,11-15H2,1-5H3,(H2,22,23,24);1H. The lowest BCUT2D eigenvalue weighted by Crippen LogP contribution is -2.50. The fourth-order valence-corrected chi connectivity index (χ4v) is 3.18. The van der Waals surface area contributed by atoms with Crippen molar-refractivity contribution in [3.8, 4) is 5.75 Å². The Labute approximate surface area is 182 Å². The molecule has 1 heterocycles. The number of hydrogen-bond acceptors (Lipinski definition) is 3. The van der Waals surface area contributed by atoms with Crippen molar-refractivity contribution in [2.45, 2.75) is 65.6 Å². The summed E-state index contributed by atoms with van der Waals surface area (Å²) < 4.78 is 5.96. The Morgan fingerprint density at radius 1 is 1.19 bits per heavy atom. The summed E-state index contributed by atoms with van der Waals surface area (Å²) >= 11 is 0. The van der Waals surface area contributed by atoms with E-state index in [1.807, 2.05) is 12.1 Å². The Bertz CT molecular complexity index is 554. The minimum Gasteiger partial charge on any atom is -0.489 e. The van der Waals surface area contributed by atoms with Crippen LogP contribution in [0.2, 0.25) is 0 Å². The summed E-state index contributed by atoms with van der Waals surface area (Å²) in [5.41, 5.74) is 1.24. The van der Waals surface area contributed by atoms with Crippen molar-refractivity contribution < 1.29 is 4.74 Å². The molecule has 1 fully saturated rings. The van der Waals surface area contributed by atoms with Crippen molar-refractivity contribution in [1.29, 1.82) is 0 Å². The molecule has 27 heavy (non-hydrogen) atoms. The van der Waals surface area contributed by atoms with Gasteiger partial charge in [-0.1, -0.05) is 17.7 Å². The van der Waals surface area contributed by atoms with Crippen LogP contribution >= 0.6 is 24.0 Å². The van der Waals surface area contributed by atoms with Crippen LogP contribution in [0.3, 0.4) is 0 Å². The van der Waals surface area contributed by atoms with Gasteiger partial charge in [0.2, 0.25) is 0 Å². The zero-order valence-corrected chi connectivity index (χ0v) is 19.8. The van der Waals surface area contributed by atoms with E-state index < -0.39 is 0 Å². The van der Waals surface area contributed by atoms with Gasteiger partial charge in [-0.05, 0) is 59.6 Å². The number of halogens is 1. The van der Waals surface area contributed by atoms with Gasteiger partial charge >= 0.3 is 0 Å². The molecule has 1 aromatic carbocycles. The van der Waals surface area contributed by atoms with Gasteiger partial charge in [0.25, 0.3) is 0 Å². The average Bonchev–Trinajstić information content (AvgIpc) is 2.62. The van der Waals surface area contributed by atoms with Crippen LogP contribution in [0.1, 0.15) is 46.1 Å². The summed E-state index contributed by atoms with van der Waals surface area (Å²) in [5.74, 6) is 1.80. The van der Waals surface area contributed by atoms with Gasteiger partial charge in [0, 0.05) is 31.7 Å². The van der Waals surface area contributed by atoms with E-state index in [1.165, 1.54) is 5.56 Å². The number of piperidine rings is 1. The summed E-state index contributed by atoms with van der Waals surface area (Å²) in [6.07, 6.45) is 2.37. The predicted octanol–water partition coefficient (Wildman–Crippen LogP) is 3.81. The number of aliphatic imine (C=N–C) groups is 1. The summed E-state index contributed by atoms with van der Waals surface area (Å²) in [4.78, 5) is 7.27. The molecule has 1 aliphatic heterocycles.